The average molecular weight is 859 g/mol. The van der Waals surface area contributed by atoms with Gasteiger partial charge >= 0.3 is 6.03 Å². The molecule has 4 N–H and O–H groups in total. The number of aromatic nitrogens is 4. The summed E-state index contributed by atoms with van der Waals surface area (Å²) in [5.41, 5.74) is 11.0. The fraction of sp³-hybridized carbons (Fsp3) is 0.447. The van der Waals surface area contributed by atoms with Crippen LogP contribution in [0.4, 0.5) is 26.4 Å². The molecule has 0 spiro atoms. The van der Waals surface area contributed by atoms with E-state index in [9.17, 15) is 19.5 Å². The Morgan fingerprint density at radius 2 is 1.75 bits per heavy atom. The Bertz CT molecular complexity index is 2500. The van der Waals surface area contributed by atoms with Gasteiger partial charge in [0.2, 0.25) is 5.91 Å². The second-order valence-corrected chi connectivity index (χ2v) is 17.4. The zero-order valence-corrected chi connectivity index (χ0v) is 35.9. The first-order valence-corrected chi connectivity index (χ1v) is 22.2. The Morgan fingerprint density at radius 1 is 0.984 bits per heavy atom. The number of pyridine rings is 1. The molecule has 0 unspecified atom stereocenters. The lowest BCUT2D eigenvalue weighted by molar-refractivity contribution is -0.120. The van der Waals surface area contributed by atoms with Crippen molar-refractivity contribution in [2.45, 2.75) is 82.7 Å². The zero-order chi connectivity index (χ0) is 43.8. The van der Waals surface area contributed by atoms with Crippen molar-refractivity contribution in [3.05, 3.63) is 89.7 Å². The standard InChI is InChI=1S/C47H55FN10O5/c1-3-30-26-58(44-37(30)23-34(25-50-44)57-20-15-42(60)51-46(57)62)33-13-18-54(19-14-33)29-47(48)16-21-55(22-17-47)45(61)32-11-9-31(10-12-32)41-28-56(27-35(4-2)63-41)39-24-38(52-53-43(39)49)36-7-5-6-8-40(36)59/h5-12,23-26,33,35,41,59H,3-4,13-22,27-29H2,1-2H3,(H2,49,53)(H,51,60,62)/t35-,41-/m0/s1. The first-order valence-electron chi connectivity index (χ1n) is 22.2. The number of nitrogens with one attached hydrogen (secondary N) is 1. The maximum atomic E-state index is 16.4. The van der Waals surface area contributed by atoms with E-state index in [1.807, 2.05) is 42.5 Å². The van der Waals surface area contributed by atoms with E-state index in [0.717, 1.165) is 66.6 Å². The fourth-order valence-electron chi connectivity index (χ4n) is 9.66. The number of imide groups is 1. The number of carbonyl (C=O) groups is 3. The van der Waals surface area contributed by atoms with E-state index in [-0.39, 0.29) is 55.1 Å². The van der Waals surface area contributed by atoms with Crippen molar-refractivity contribution in [3.63, 3.8) is 0 Å². The summed E-state index contributed by atoms with van der Waals surface area (Å²) in [6, 6.07) is 18.2. The number of para-hydroxylation sites is 1. The summed E-state index contributed by atoms with van der Waals surface area (Å²) in [5.74, 6) is 0.0372. The number of phenols is 1. The molecule has 0 radical (unpaired) electrons. The minimum absolute atomic E-state index is 0.0691. The Morgan fingerprint density at radius 3 is 2.46 bits per heavy atom. The number of morpholine rings is 1. The molecular weight excluding hydrogens is 804 g/mol. The summed E-state index contributed by atoms with van der Waals surface area (Å²) in [4.78, 5) is 50.4. The number of ether oxygens (including phenoxy) is 1. The van der Waals surface area contributed by atoms with Gasteiger partial charge in [0, 0.05) is 100 Å². The second-order valence-electron chi connectivity index (χ2n) is 17.4. The van der Waals surface area contributed by atoms with Crippen molar-refractivity contribution in [1.29, 1.82) is 0 Å². The number of nitrogens with two attached hydrogens (primary N) is 1. The number of hydrogen-bond donors (Lipinski definition) is 3. The Kier molecular flexibility index (Phi) is 11.8. The molecule has 4 aliphatic rings. The minimum Gasteiger partial charge on any atom is -0.507 e. The summed E-state index contributed by atoms with van der Waals surface area (Å²) >= 11 is 0. The lowest BCUT2D eigenvalue weighted by Gasteiger charge is -2.41. The van der Waals surface area contributed by atoms with Crippen LogP contribution in [0.15, 0.2) is 73.1 Å². The van der Waals surface area contributed by atoms with Gasteiger partial charge in [-0.3, -0.25) is 19.8 Å². The van der Waals surface area contributed by atoms with E-state index in [4.69, 9.17) is 15.5 Å². The van der Waals surface area contributed by atoms with Crippen LogP contribution < -0.4 is 20.9 Å². The van der Waals surface area contributed by atoms with Gasteiger partial charge in [0.1, 0.15) is 23.2 Å². The number of nitrogens with zero attached hydrogens (tertiary/aromatic N) is 8. The number of carbonyl (C=O) groups excluding carboxylic acids is 3. The van der Waals surface area contributed by atoms with Crippen LogP contribution in [0.3, 0.4) is 0 Å². The highest BCUT2D eigenvalue weighted by Gasteiger charge is 2.39. The molecule has 5 aromatic rings. The van der Waals surface area contributed by atoms with Gasteiger partial charge in [-0.25, -0.2) is 14.2 Å². The largest absolute Gasteiger partial charge is 0.507 e. The summed E-state index contributed by atoms with van der Waals surface area (Å²) < 4.78 is 25.2. The maximum absolute atomic E-state index is 16.4. The van der Waals surface area contributed by atoms with Gasteiger partial charge in [-0.05, 0) is 73.2 Å². The number of nitrogen functional groups attached to an aromatic ring is 1. The van der Waals surface area contributed by atoms with Crippen LogP contribution in [0.2, 0.25) is 0 Å². The van der Waals surface area contributed by atoms with Crippen molar-refractivity contribution in [1.82, 2.24) is 34.9 Å². The third-order valence-electron chi connectivity index (χ3n) is 13.4. The van der Waals surface area contributed by atoms with Crippen LogP contribution in [0.5, 0.6) is 5.75 Å². The molecule has 4 aliphatic heterocycles. The molecule has 4 saturated heterocycles. The molecular formula is C47H55FN10O5. The number of benzene rings is 2. The van der Waals surface area contributed by atoms with Gasteiger partial charge in [0.05, 0.1) is 29.4 Å². The number of aryl methyl sites for hydroxylation is 1. The number of likely N-dealkylation sites (tertiary alicyclic amines) is 2. The van der Waals surface area contributed by atoms with Gasteiger partial charge in [-0.15, -0.1) is 10.2 Å². The highest BCUT2D eigenvalue weighted by atomic mass is 19.1. The Labute approximate surface area is 366 Å². The van der Waals surface area contributed by atoms with Gasteiger partial charge in [-0.1, -0.05) is 38.1 Å². The summed E-state index contributed by atoms with van der Waals surface area (Å²) in [6.07, 6.45) is 7.69. The average Bonchev–Trinajstić information content (AvgIpc) is 3.67. The van der Waals surface area contributed by atoms with Crippen molar-refractivity contribution < 1.29 is 28.6 Å². The molecule has 7 heterocycles. The zero-order valence-electron chi connectivity index (χ0n) is 35.9. The van der Waals surface area contributed by atoms with Crippen LogP contribution in [-0.2, 0) is 16.0 Å². The number of halogens is 1. The first kappa shape index (κ1) is 42.2. The number of piperidine rings is 2. The number of hydrogen-bond acceptors (Lipinski definition) is 11. The highest BCUT2D eigenvalue weighted by Crippen LogP contribution is 2.37. The molecule has 15 nitrogen and oxygen atoms in total. The number of phenolic OH excluding ortho intramolecular Hbond substituents is 1. The number of alkyl halides is 1. The molecule has 9 rings (SSSR count). The number of anilines is 3. The number of amides is 4. The SMILES string of the molecule is CCc1cn(C2CCN(CC3(F)CCN(C(=O)c4ccc([C@@H]5CN(c6cc(-c7ccccc7O)nnc6N)C[C@H](CC)O5)cc4)CC3)CC2)c2ncc(N3CCC(=O)NC3=O)cc12. The molecule has 4 amide bonds. The van der Waals surface area contributed by atoms with Gasteiger partial charge in [0.25, 0.3) is 5.91 Å². The Hall–Kier alpha value is -6.13. The molecule has 16 heteroatoms. The lowest BCUT2D eigenvalue weighted by atomic mass is 9.91. The third-order valence-corrected chi connectivity index (χ3v) is 13.4. The van der Waals surface area contributed by atoms with E-state index in [2.05, 4.69) is 49.9 Å². The summed E-state index contributed by atoms with van der Waals surface area (Å²) in [5, 5.41) is 22.3. The van der Waals surface area contributed by atoms with E-state index in [1.54, 1.807) is 34.2 Å². The summed E-state index contributed by atoms with van der Waals surface area (Å²) in [7, 11) is 0. The second kappa shape index (κ2) is 17.6. The van der Waals surface area contributed by atoms with Crippen LogP contribution in [0, 0.1) is 0 Å². The van der Waals surface area contributed by atoms with Crippen molar-refractivity contribution >= 4 is 46.1 Å². The quantitative estimate of drug-likeness (QED) is 0.141. The molecule has 4 fully saturated rings. The molecule has 0 aliphatic carbocycles. The van der Waals surface area contributed by atoms with E-state index >= 15 is 4.39 Å². The van der Waals surface area contributed by atoms with Crippen LogP contribution in [-0.4, -0.2) is 117 Å². The molecule has 2 aromatic carbocycles. The maximum Gasteiger partial charge on any atom is 0.328 e. The van der Waals surface area contributed by atoms with Gasteiger partial charge in [-0.2, -0.15) is 0 Å². The Balaban J connectivity index is 0.787. The number of aromatic hydroxyl groups is 1. The molecule has 3 aromatic heterocycles. The predicted octanol–water partition coefficient (Wildman–Crippen LogP) is 6.43. The third kappa shape index (κ3) is 8.65. The monoisotopic (exact) mass is 858 g/mol. The molecule has 0 saturated carbocycles. The molecule has 330 valence electrons. The number of urea groups is 1. The minimum atomic E-state index is -1.37. The first-order chi connectivity index (χ1) is 30.5. The molecule has 63 heavy (non-hydrogen) atoms. The molecule has 2 atom stereocenters. The van der Waals surface area contributed by atoms with Gasteiger partial charge < -0.3 is 34.8 Å². The highest BCUT2D eigenvalue weighted by molar-refractivity contribution is 6.06. The van der Waals surface area contributed by atoms with Crippen molar-refractivity contribution in [2.75, 3.05) is 67.9 Å². The lowest BCUT2D eigenvalue weighted by Crippen LogP contribution is -2.51. The fourth-order valence-corrected chi connectivity index (χ4v) is 9.66. The van der Waals surface area contributed by atoms with Crippen LogP contribution >= 0.6 is 0 Å². The smallest absolute Gasteiger partial charge is 0.328 e. The topological polar surface area (TPSA) is 175 Å². The number of rotatable bonds is 10. The van der Waals surface area contributed by atoms with Crippen molar-refractivity contribution in [3.8, 4) is 17.0 Å². The van der Waals surface area contributed by atoms with Crippen LogP contribution in [0.1, 0.15) is 86.0 Å². The number of fused-ring (bicyclic) bond motifs is 1. The van der Waals surface area contributed by atoms with E-state index in [1.165, 1.54) is 0 Å². The molecule has 0 bridgehead atoms. The van der Waals surface area contributed by atoms with E-state index < -0.39 is 11.7 Å². The summed E-state index contributed by atoms with van der Waals surface area (Å²) in [6.45, 7) is 8.22. The van der Waals surface area contributed by atoms with Crippen molar-refractivity contribution in [2.24, 2.45) is 0 Å². The van der Waals surface area contributed by atoms with Crippen LogP contribution in [0.25, 0.3) is 22.3 Å². The predicted molar refractivity (Wildman–Crippen MR) is 238 cm³/mol. The normalized spacial score (nSPS) is 21.2. The van der Waals surface area contributed by atoms with E-state index in [0.29, 0.717) is 67.6 Å². The van der Waals surface area contributed by atoms with Gasteiger partial charge in [0.15, 0.2) is 5.82 Å².